The van der Waals surface area contributed by atoms with Crippen LogP contribution in [-0.4, -0.2) is 104 Å². The summed E-state index contributed by atoms with van der Waals surface area (Å²) in [6.07, 6.45) is -0.233. The molecule has 0 bridgehead atoms. The third-order valence-electron chi connectivity index (χ3n) is 7.62. The van der Waals surface area contributed by atoms with Gasteiger partial charge in [0.1, 0.15) is 30.2 Å². The normalized spacial score (nSPS) is 20.4. The fourth-order valence-corrected chi connectivity index (χ4v) is 5.46. The first kappa shape index (κ1) is 32.7. The third-order valence-corrected chi connectivity index (χ3v) is 7.62. The van der Waals surface area contributed by atoms with Gasteiger partial charge in [0.05, 0.1) is 37.5 Å². The first-order chi connectivity index (χ1) is 22.1. The third kappa shape index (κ3) is 6.78. The Bertz CT molecular complexity index is 1700. The number of carbonyl (C=O) groups is 2. The maximum atomic E-state index is 13.1. The van der Waals surface area contributed by atoms with E-state index in [0.29, 0.717) is 30.0 Å². The van der Waals surface area contributed by atoms with Crippen LogP contribution in [0.1, 0.15) is 24.3 Å². The van der Waals surface area contributed by atoms with Gasteiger partial charge in [0.2, 0.25) is 5.91 Å². The average Bonchev–Trinajstić information content (AvgIpc) is 3.52. The standard InChI is InChI=1S/C21H25N3O3.C10H13N5O4/c1-4-27-21(26)22-17-12-11-16-10-9-15-7-5-6-8-18(15)24(19(16)13-17)20(25)14-23(2)3;11-8-5-9(13-2-12-8)15(3-14-5)10-7(18)6(17)4(1-16)19-10/h5-8,11-13H,4,9-10,14H2,1-3H3,(H,22,26);2-4,6-7,10,16-18H,1H2,(H2,11,12,13)/t;4-,6-,7-,10-/m.1/s1. The van der Waals surface area contributed by atoms with Crippen molar-refractivity contribution in [1.82, 2.24) is 24.4 Å². The molecule has 46 heavy (non-hydrogen) atoms. The molecule has 2 aromatic heterocycles. The Hall–Kier alpha value is -4.67. The molecule has 15 heteroatoms. The summed E-state index contributed by atoms with van der Waals surface area (Å²) in [6, 6.07) is 13.6. The second-order valence-corrected chi connectivity index (χ2v) is 11.1. The molecule has 0 aliphatic carbocycles. The van der Waals surface area contributed by atoms with Crippen LogP contribution in [0.4, 0.5) is 27.7 Å². The summed E-state index contributed by atoms with van der Waals surface area (Å²) in [4.78, 5) is 40.4. The Balaban J connectivity index is 0.000000192. The minimum absolute atomic E-state index is 0.0103. The number of benzene rings is 2. The number of nitrogens with one attached hydrogen (secondary N) is 1. The van der Waals surface area contributed by atoms with Crippen LogP contribution in [-0.2, 0) is 27.1 Å². The van der Waals surface area contributed by atoms with Gasteiger partial charge in [-0.1, -0.05) is 24.3 Å². The highest BCUT2D eigenvalue weighted by Crippen LogP contribution is 2.38. The fourth-order valence-electron chi connectivity index (χ4n) is 5.46. The Labute approximate surface area is 265 Å². The van der Waals surface area contributed by atoms with E-state index in [0.717, 1.165) is 35.3 Å². The van der Waals surface area contributed by atoms with Gasteiger partial charge < -0.3 is 35.4 Å². The van der Waals surface area contributed by atoms with Gasteiger partial charge in [0, 0.05) is 5.69 Å². The van der Waals surface area contributed by atoms with Crippen LogP contribution >= 0.6 is 0 Å². The maximum Gasteiger partial charge on any atom is 0.411 e. The summed E-state index contributed by atoms with van der Waals surface area (Å²) < 4.78 is 11.8. The number of rotatable bonds is 6. The molecule has 0 radical (unpaired) electrons. The van der Waals surface area contributed by atoms with Crippen molar-refractivity contribution in [2.24, 2.45) is 0 Å². The lowest BCUT2D eigenvalue weighted by atomic mass is 10.0. The van der Waals surface area contributed by atoms with Crippen LogP contribution in [0.2, 0.25) is 0 Å². The number of anilines is 4. The molecule has 0 spiro atoms. The van der Waals surface area contributed by atoms with E-state index in [9.17, 15) is 19.8 Å². The summed E-state index contributed by atoms with van der Waals surface area (Å²) in [5, 5.41) is 31.5. The van der Waals surface area contributed by atoms with E-state index < -0.39 is 37.2 Å². The number of aromatic nitrogens is 4. The van der Waals surface area contributed by atoms with E-state index in [2.05, 4.69) is 26.3 Å². The number of aliphatic hydroxyl groups excluding tert-OH is 3. The number of nitrogens with zero attached hydrogens (tertiary/aromatic N) is 6. The van der Waals surface area contributed by atoms with Gasteiger partial charge in [-0.15, -0.1) is 0 Å². The second-order valence-electron chi connectivity index (χ2n) is 11.1. The fraction of sp³-hybridized carbons (Fsp3) is 0.387. The average molecular weight is 635 g/mol. The van der Waals surface area contributed by atoms with Gasteiger partial charge in [0.15, 0.2) is 17.7 Å². The number of fused-ring (bicyclic) bond motifs is 3. The molecule has 15 nitrogen and oxygen atoms in total. The molecule has 2 aromatic carbocycles. The lowest BCUT2D eigenvalue weighted by Gasteiger charge is -2.27. The van der Waals surface area contributed by atoms with Crippen LogP contribution < -0.4 is 16.0 Å². The monoisotopic (exact) mass is 634 g/mol. The molecule has 6 N–H and O–H groups in total. The summed E-state index contributed by atoms with van der Waals surface area (Å²) in [5.41, 5.74) is 11.0. The number of nitrogen functional groups attached to an aromatic ring is 1. The van der Waals surface area contributed by atoms with Crippen LogP contribution in [0.5, 0.6) is 0 Å². The van der Waals surface area contributed by atoms with E-state index >= 15 is 0 Å². The molecule has 244 valence electrons. The minimum Gasteiger partial charge on any atom is -0.450 e. The van der Waals surface area contributed by atoms with Gasteiger partial charge in [-0.25, -0.2) is 19.7 Å². The number of para-hydroxylation sites is 1. The Morgan fingerprint density at radius 1 is 1.07 bits per heavy atom. The molecule has 1 saturated heterocycles. The van der Waals surface area contributed by atoms with Gasteiger partial charge in [0.25, 0.3) is 0 Å². The summed E-state index contributed by atoms with van der Waals surface area (Å²) >= 11 is 0. The summed E-state index contributed by atoms with van der Waals surface area (Å²) in [5.74, 6) is 0.208. The number of aryl methyl sites for hydroxylation is 2. The first-order valence-electron chi connectivity index (χ1n) is 14.8. The SMILES string of the molecule is CCOC(=O)Nc1ccc2c(c1)N(C(=O)CN(C)C)c1ccccc1CC2.Nc1ncnc2c1ncn2[C@@H]1O[C@H](CO)[C@@H](O)[C@H]1O. The molecule has 1 fully saturated rings. The van der Waals surface area contributed by atoms with E-state index in [-0.39, 0.29) is 11.7 Å². The van der Waals surface area contributed by atoms with Crippen molar-refractivity contribution in [3.05, 3.63) is 66.2 Å². The highest BCUT2D eigenvalue weighted by Gasteiger charge is 2.44. The highest BCUT2D eigenvalue weighted by molar-refractivity contribution is 6.04. The molecule has 2 aliphatic heterocycles. The van der Waals surface area contributed by atoms with Crippen molar-refractivity contribution in [2.75, 3.05) is 49.8 Å². The maximum absolute atomic E-state index is 13.1. The molecule has 4 heterocycles. The highest BCUT2D eigenvalue weighted by atomic mass is 16.6. The van der Waals surface area contributed by atoms with E-state index in [1.165, 1.54) is 17.2 Å². The molecule has 2 aliphatic rings. The number of amides is 2. The van der Waals surface area contributed by atoms with E-state index in [4.69, 9.17) is 20.3 Å². The molecule has 0 unspecified atom stereocenters. The second kappa shape index (κ2) is 14.2. The molecule has 4 atom stereocenters. The van der Waals surface area contributed by atoms with Gasteiger partial charge in [-0.3, -0.25) is 19.6 Å². The first-order valence-corrected chi connectivity index (χ1v) is 14.8. The molecule has 0 saturated carbocycles. The zero-order valence-electron chi connectivity index (χ0n) is 25.8. The number of aliphatic hydroxyl groups is 3. The van der Waals surface area contributed by atoms with E-state index in [1.54, 1.807) is 11.8 Å². The molecular weight excluding hydrogens is 596 g/mol. The Morgan fingerprint density at radius 2 is 1.80 bits per heavy atom. The zero-order chi connectivity index (χ0) is 33.0. The van der Waals surface area contributed by atoms with Crippen molar-refractivity contribution in [3.8, 4) is 0 Å². The van der Waals surface area contributed by atoms with Crippen molar-refractivity contribution in [3.63, 3.8) is 0 Å². The largest absolute Gasteiger partial charge is 0.450 e. The number of carbonyl (C=O) groups excluding carboxylic acids is 2. The quantitative estimate of drug-likeness (QED) is 0.205. The van der Waals surface area contributed by atoms with Crippen molar-refractivity contribution >= 4 is 46.0 Å². The zero-order valence-corrected chi connectivity index (χ0v) is 25.8. The van der Waals surface area contributed by atoms with Crippen LogP contribution in [0, 0.1) is 0 Å². The number of hydrogen-bond donors (Lipinski definition) is 5. The predicted octanol–water partition coefficient (Wildman–Crippen LogP) is 1.60. The molecule has 2 amide bonds. The number of likely N-dealkylation sites (N-methyl/N-ethyl adjacent to an activating group) is 1. The summed E-state index contributed by atoms with van der Waals surface area (Å²) in [6.45, 7) is 1.97. The Morgan fingerprint density at radius 3 is 2.50 bits per heavy atom. The lowest BCUT2D eigenvalue weighted by Crippen LogP contribution is -2.35. The molecular formula is C31H38N8O7. The lowest BCUT2D eigenvalue weighted by molar-refractivity contribution is -0.118. The predicted molar refractivity (Wildman–Crippen MR) is 169 cm³/mol. The van der Waals surface area contributed by atoms with E-state index in [1.807, 2.05) is 55.4 Å². The minimum atomic E-state index is -1.19. The van der Waals surface area contributed by atoms with Gasteiger partial charge in [-0.2, -0.15) is 0 Å². The van der Waals surface area contributed by atoms with Crippen LogP contribution in [0.25, 0.3) is 11.2 Å². The Kier molecular flexibility index (Phi) is 10.1. The van der Waals surface area contributed by atoms with Crippen LogP contribution in [0.15, 0.2) is 55.1 Å². The molecule has 4 aromatic rings. The van der Waals surface area contributed by atoms with Gasteiger partial charge >= 0.3 is 6.09 Å². The topological polar surface area (TPSA) is 201 Å². The smallest absolute Gasteiger partial charge is 0.411 e. The number of ether oxygens (including phenoxy) is 2. The molecule has 6 rings (SSSR count). The number of nitrogens with two attached hydrogens (primary N) is 1. The van der Waals surface area contributed by atoms with Crippen LogP contribution in [0.3, 0.4) is 0 Å². The van der Waals surface area contributed by atoms with Crippen molar-refractivity contribution < 1.29 is 34.4 Å². The van der Waals surface area contributed by atoms with Crippen molar-refractivity contribution in [2.45, 2.75) is 44.3 Å². The van der Waals surface area contributed by atoms with Gasteiger partial charge in [-0.05, 0) is 63.2 Å². The number of imidazole rings is 1. The van der Waals surface area contributed by atoms with Crippen molar-refractivity contribution in [1.29, 1.82) is 0 Å². The summed E-state index contributed by atoms with van der Waals surface area (Å²) in [7, 11) is 3.75. The number of hydrogen-bond acceptors (Lipinski definition) is 12.